The Kier molecular flexibility index (Phi) is 3.08. The maximum atomic E-state index is 11.4. The van der Waals surface area contributed by atoms with Crippen LogP contribution in [-0.4, -0.2) is 38.5 Å². The number of hydrogen-bond donors (Lipinski definition) is 1. The van der Waals surface area contributed by atoms with Gasteiger partial charge in [0.1, 0.15) is 6.20 Å². The summed E-state index contributed by atoms with van der Waals surface area (Å²) in [5, 5.41) is 22.4. The van der Waals surface area contributed by atoms with E-state index in [2.05, 4.69) is 4.98 Å². The van der Waals surface area contributed by atoms with E-state index in [0.717, 1.165) is 0 Å². The molecule has 0 saturated carbocycles. The zero-order chi connectivity index (χ0) is 15.2. The average Bonchev–Trinajstić information content (AvgIpc) is 2.97. The van der Waals surface area contributed by atoms with Gasteiger partial charge < -0.3 is 20.1 Å². The molecule has 8 nitrogen and oxygen atoms in total. The van der Waals surface area contributed by atoms with E-state index in [9.17, 15) is 20.0 Å². The Morgan fingerprint density at radius 1 is 1.62 bits per heavy atom. The molecule has 0 bridgehead atoms. The zero-order valence-corrected chi connectivity index (χ0v) is 12.2. The summed E-state index contributed by atoms with van der Waals surface area (Å²) < 4.78 is 1.44. The minimum atomic E-state index is -0.900. The standard InChI is InChI=1S/C12H14N4O4S/c1-12(10(17)18)3-2-4-14(7-12)8-9(16(19)20)15-5-6-21-11(15)13-8/h5-6H,2-4,7H2,1H3,(H,17,18). The minimum absolute atomic E-state index is 0.0964. The molecule has 1 N–H and O–H groups in total. The van der Waals surface area contributed by atoms with Crippen LogP contribution in [0.5, 0.6) is 0 Å². The highest BCUT2D eigenvalue weighted by Gasteiger charge is 2.40. The van der Waals surface area contributed by atoms with Crippen LogP contribution < -0.4 is 4.90 Å². The molecule has 2 aromatic rings. The molecule has 0 radical (unpaired) electrons. The Morgan fingerprint density at radius 2 is 2.38 bits per heavy atom. The Bertz CT molecular complexity index is 724. The first-order valence-corrected chi connectivity index (χ1v) is 7.39. The predicted molar refractivity (Wildman–Crippen MR) is 76.9 cm³/mol. The van der Waals surface area contributed by atoms with Crippen molar-refractivity contribution in [3.63, 3.8) is 0 Å². The number of nitrogens with zero attached hydrogens (tertiary/aromatic N) is 4. The second kappa shape index (κ2) is 4.69. The molecule has 1 fully saturated rings. The van der Waals surface area contributed by atoms with Crippen LogP contribution in [0, 0.1) is 15.5 Å². The maximum Gasteiger partial charge on any atom is 0.373 e. The molecule has 1 aliphatic heterocycles. The van der Waals surface area contributed by atoms with Gasteiger partial charge in [-0.15, -0.1) is 0 Å². The molecule has 9 heteroatoms. The third kappa shape index (κ3) is 2.13. The van der Waals surface area contributed by atoms with Crippen molar-refractivity contribution < 1.29 is 14.8 Å². The molecule has 3 heterocycles. The summed E-state index contributed by atoms with van der Waals surface area (Å²) in [6.07, 6.45) is 2.84. The molecule has 1 saturated heterocycles. The second-order valence-electron chi connectivity index (χ2n) is 5.46. The van der Waals surface area contributed by atoms with Crippen LogP contribution in [-0.2, 0) is 4.79 Å². The van der Waals surface area contributed by atoms with Crippen LogP contribution in [0.2, 0.25) is 0 Å². The molecule has 21 heavy (non-hydrogen) atoms. The topological polar surface area (TPSA) is 101 Å². The molecule has 0 amide bonds. The van der Waals surface area contributed by atoms with Gasteiger partial charge in [-0.1, -0.05) is 11.3 Å². The SMILES string of the molecule is CC1(C(=O)O)CCCN(c2nc3sccn3c2[N+](=O)[O-])C1. The highest BCUT2D eigenvalue weighted by atomic mass is 32.1. The van der Waals surface area contributed by atoms with Crippen LogP contribution in [0.3, 0.4) is 0 Å². The predicted octanol–water partition coefficient (Wildman–Crippen LogP) is 2.00. The van der Waals surface area contributed by atoms with Gasteiger partial charge in [0.05, 0.1) is 5.41 Å². The van der Waals surface area contributed by atoms with Crippen molar-refractivity contribution in [3.8, 4) is 0 Å². The molecule has 3 rings (SSSR count). The van der Waals surface area contributed by atoms with E-state index < -0.39 is 16.3 Å². The first kappa shape index (κ1) is 13.8. The van der Waals surface area contributed by atoms with Gasteiger partial charge in [0, 0.05) is 18.5 Å². The molecule has 2 aromatic heterocycles. The third-order valence-electron chi connectivity index (χ3n) is 3.90. The summed E-state index contributed by atoms with van der Waals surface area (Å²) in [6, 6.07) is 0. The Morgan fingerprint density at radius 3 is 3.05 bits per heavy atom. The number of piperidine rings is 1. The van der Waals surface area contributed by atoms with E-state index in [0.29, 0.717) is 24.3 Å². The lowest BCUT2D eigenvalue weighted by Gasteiger charge is -2.37. The molecule has 0 aliphatic carbocycles. The number of carboxylic acids is 1. The maximum absolute atomic E-state index is 11.4. The number of imidazole rings is 1. The minimum Gasteiger partial charge on any atom is -0.481 e. The van der Waals surface area contributed by atoms with Crippen LogP contribution in [0.1, 0.15) is 19.8 Å². The van der Waals surface area contributed by atoms with Crippen LogP contribution in [0.15, 0.2) is 11.6 Å². The van der Waals surface area contributed by atoms with Crippen LogP contribution in [0.25, 0.3) is 4.96 Å². The Hall–Kier alpha value is -2.16. The number of thiazole rings is 1. The summed E-state index contributed by atoms with van der Waals surface area (Å²) >= 11 is 1.31. The summed E-state index contributed by atoms with van der Waals surface area (Å²) in [5.74, 6) is -0.712. The number of carbonyl (C=O) groups is 1. The number of rotatable bonds is 3. The largest absolute Gasteiger partial charge is 0.481 e. The summed E-state index contributed by atoms with van der Waals surface area (Å²) in [4.78, 5) is 28.9. The fraction of sp³-hybridized carbons (Fsp3) is 0.500. The van der Waals surface area contributed by atoms with Crippen molar-refractivity contribution in [2.24, 2.45) is 5.41 Å². The number of carboxylic acid groups (broad SMARTS) is 1. The monoisotopic (exact) mass is 310 g/mol. The van der Waals surface area contributed by atoms with Gasteiger partial charge >= 0.3 is 11.8 Å². The van der Waals surface area contributed by atoms with Crippen molar-refractivity contribution >= 4 is 33.9 Å². The van der Waals surface area contributed by atoms with E-state index in [1.165, 1.54) is 15.7 Å². The van der Waals surface area contributed by atoms with Crippen molar-refractivity contribution in [3.05, 3.63) is 21.7 Å². The summed E-state index contributed by atoms with van der Waals surface area (Å²) in [5.41, 5.74) is -0.900. The summed E-state index contributed by atoms with van der Waals surface area (Å²) in [6.45, 7) is 2.48. The van der Waals surface area contributed by atoms with Gasteiger partial charge in [0.2, 0.25) is 5.82 Å². The molecule has 112 valence electrons. The lowest BCUT2D eigenvalue weighted by Crippen LogP contribution is -2.46. The quantitative estimate of drug-likeness (QED) is 0.687. The van der Waals surface area contributed by atoms with Gasteiger partial charge in [-0.25, -0.2) is 0 Å². The number of aromatic nitrogens is 2. The molecule has 1 unspecified atom stereocenters. The molecule has 1 atom stereocenters. The van der Waals surface area contributed by atoms with Gasteiger partial charge in [-0.2, -0.15) is 9.38 Å². The number of anilines is 1. The molecular weight excluding hydrogens is 296 g/mol. The fourth-order valence-electron chi connectivity index (χ4n) is 2.74. The van der Waals surface area contributed by atoms with E-state index in [-0.39, 0.29) is 18.2 Å². The highest BCUT2D eigenvalue weighted by Crippen LogP contribution is 2.37. The van der Waals surface area contributed by atoms with Crippen molar-refractivity contribution in [2.45, 2.75) is 19.8 Å². The Balaban J connectivity index is 2.04. The van der Waals surface area contributed by atoms with Crippen molar-refractivity contribution in [1.82, 2.24) is 9.38 Å². The normalized spacial score (nSPS) is 22.6. The summed E-state index contributed by atoms with van der Waals surface area (Å²) in [7, 11) is 0. The second-order valence-corrected chi connectivity index (χ2v) is 6.34. The van der Waals surface area contributed by atoms with Crippen molar-refractivity contribution in [1.29, 1.82) is 0 Å². The van der Waals surface area contributed by atoms with Crippen molar-refractivity contribution in [2.75, 3.05) is 18.0 Å². The van der Waals surface area contributed by atoms with E-state index >= 15 is 0 Å². The van der Waals surface area contributed by atoms with E-state index in [1.807, 2.05) is 0 Å². The van der Waals surface area contributed by atoms with Gasteiger partial charge in [-0.05, 0) is 24.7 Å². The van der Waals surface area contributed by atoms with Crippen LogP contribution in [0.4, 0.5) is 11.6 Å². The number of aliphatic carboxylic acids is 1. The highest BCUT2D eigenvalue weighted by molar-refractivity contribution is 7.15. The average molecular weight is 310 g/mol. The molecule has 1 aliphatic rings. The number of nitro groups is 1. The van der Waals surface area contributed by atoms with Gasteiger partial charge in [-0.3, -0.25) is 4.79 Å². The smallest absolute Gasteiger partial charge is 0.373 e. The molecular formula is C12H14N4O4S. The lowest BCUT2D eigenvalue weighted by atomic mass is 9.82. The fourth-order valence-corrected chi connectivity index (χ4v) is 3.44. The lowest BCUT2D eigenvalue weighted by molar-refractivity contribution is -0.389. The van der Waals surface area contributed by atoms with E-state index in [4.69, 9.17) is 0 Å². The third-order valence-corrected chi connectivity index (χ3v) is 4.66. The molecule has 0 spiro atoms. The van der Waals surface area contributed by atoms with Crippen LogP contribution >= 0.6 is 11.3 Å². The zero-order valence-electron chi connectivity index (χ0n) is 11.4. The number of hydrogen-bond acceptors (Lipinski definition) is 6. The van der Waals surface area contributed by atoms with Gasteiger partial charge in [0.25, 0.3) is 4.96 Å². The number of fused-ring (bicyclic) bond motifs is 1. The van der Waals surface area contributed by atoms with Gasteiger partial charge in [0.15, 0.2) is 0 Å². The van der Waals surface area contributed by atoms with E-state index in [1.54, 1.807) is 23.4 Å². The first-order valence-electron chi connectivity index (χ1n) is 6.51. The first-order chi connectivity index (χ1) is 9.92. The molecule has 0 aromatic carbocycles. The Labute approximate surface area is 123 Å².